The second-order valence-corrected chi connectivity index (χ2v) is 16.1. The number of aromatic nitrogens is 2. The van der Waals surface area contributed by atoms with Crippen LogP contribution in [0.5, 0.6) is 0 Å². The van der Waals surface area contributed by atoms with E-state index in [0.29, 0.717) is 51.9 Å². The monoisotopic (exact) mass is 790 g/mol. The highest BCUT2D eigenvalue weighted by Gasteiger charge is 2.28. The number of carbonyl (C=O) groups excluding carboxylic acids is 3. The topological polar surface area (TPSA) is 146 Å². The van der Waals surface area contributed by atoms with E-state index in [-0.39, 0.29) is 55.9 Å². The van der Waals surface area contributed by atoms with E-state index in [2.05, 4.69) is 37.6 Å². The van der Waals surface area contributed by atoms with E-state index in [4.69, 9.17) is 9.47 Å². The minimum Gasteiger partial charge on any atom is -0.444 e. The van der Waals surface area contributed by atoms with E-state index in [0.717, 1.165) is 39.8 Å². The number of ether oxygens (including phenoxy) is 2. The predicted octanol–water partition coefficient (Wildman–Crippen LogP) is 6.06. The van der Waals surface area contributed by atoms with Crippen LogP contribution in [-0.2, 0) is 40.3 Å². The molecule has 5 rings (SSSR count). The van der Waals surface area contributed by atoms with Gasteiger partial charge < -0.3 is 30.1 Å². The van der Waals surface area contributed by atoms with Gasteiger partial charge in [0.15, 0.2) is 5.78 Å². The van der Waals surface area contributed by atoms with Gasteiger partial charge in [0.05, 0.1) is 53.5 Å². The molecule has 0 unspecified atom stereocenters. The summed E-state index contributed by atoms with van der Waals surface area (Å²) >= 11 is 2.90. The number of amides is 3. The van der Waals surface area contributed by atoms with E-state index in [9.17, 15) is 19.5 Å². The fraction of sp³-hybridized carbons (Fsp3) is 0.488. The molecule has 3 heterocycles. The molecule has 4 aromatic rings. The lowest BCUT2D eigenvalue weighted by molar-refractivity contribution is -0.122. The number of ketones is 1. The van der Waals surface area contributed by atoms with Crippen LogP contribution < -0.4 is 10.6 Å². The number of urea groups is 1. The molecule has 1 saturated heterocycles. The van der Waals surface area contributed by atoms with Crippen LogP contribution in [0.3, 0.4) is 0 Å². The number of rotatable bonds is 21. The average molecular weight is 791 g/mol. The third-order valence-corrected chi connectivity index (χ3v) is 11.7. The molecule has 4 atom stereocenters. The van der Waals surface area contributed by atoms with Crippen molar-refractivity contribution in [2.75, 3.05) is 46.5 Å². The standard InChI is InChI=1S/C41H54N6O6S2/c1-30(26-48)39-43-35(28-54-39)25-46(2)40(50)45-37(15-16-47-17-19-52-20-18-47)38(49)23-33(21-31-9-5-3-6-10-31)13-14-34(22-32-11-7-4-8-12-32)44-41(51)53-27-36-24-42-29-55-36/h3-12,24,28-30,33-34,37,48H,13-23,25-27H2,1-2H3,(H,44,51)(H,45,50)/t30-,33+,34+,37-/m0/s1. The molecule has 1 aliphatic heterocycles. The first-order valence-electron chi connectivity index (χ1n) is 19.0. The van der Waals surface area contributed by atoms with Gasteiger partial charge in [-0.05, 0) is 49.1 Å². The lowest BCUT2D eigenvalue weighted by Gasteiger charge is -2.29. The third-order valence-electron chi connectivity index (χ3n) is 9.79. The number of hydrogen-bond donors (Lipinski definition) is 3. The van der Waals surface area contributed by atoms with Crippen LogP contribution in [0.25, 0.3) is 0 Å². The number of Topliss-reactive ketones (excluding diaryl/α,β-unsaturated/α-hetero) is 1. The second-order valence-electron chi connectivity index (χ2n) is 14.2. The highest BCUT2D eigenvalue weighted by molar-refractivity contribution is 7.09. The molecule has 0 spiro atoms. The first-order valence-corrected chi connectivity index (χ1v) is 20.8. The van der Waals surface area contributed by atoms with Crippen molar-refractivity contribution in [3.63, 3.8) is 0 Å². The molecule has 0 saturated carbocycles. The number of thiazole rings is 2. The van der Waals surface area contributed by atoms with E-state index in [1.54, 1.807) is 23.7 Å². The number of alkyl carbamates (subject to hydrolysis) is 1. The molecule has 3 amide bonds. The van der Waals surface area contributed by atoms with Gasteiger partial charge in [0.1, 0.15) is 6.61 Å². The molecule has 55 heavy (non-hydrogen) atoms. The Labute approximate surface area is 332 Å². The van der Waals surface area contributed by atoms with Gasteiger partial charge in [-0.1, -0.05) is 67.6 Å². The lowest BCUT2D eigenvalue weighted by Crippen LogP contribution is -2.49. The molecule has 14 heteroatoms. The Balaban J connectivity index is 1.28. The smallest absolute Gasteiger partial charge is 0.407 e. The Morgan fingerprint density at radius 2 is 1.67 bits per heavy atom. The van der Waals surface area contributed by atoms with Crippen molar-refractivity contribution in [2.45, 2.75) is 76.6 Å². The number of aliphatic hydroxyl groups excluding tert-OH is 1. The molecule has 3 N–H and O–H groups in total. The molecule has 1 fully saturated rings. The van der Waals surface area contributed by atoms with E-state index in [1.165, 1.54) is 22.7 Å². The average Bonchev–Trinajstić information content (AvgIpc) is 3.91. The van der Waals surface area contributed by atoms with Gasteiger partial charge >= 0.3 is 12.1 Å². The molecule has 1 aliphatic rings. The Kier molecular flexibility index (Phi) is 17.1. The van der Waals surface area contributed by atoms with Crippen LogP contribution in [0.4, 0.5) is 9.59 Å². The molecular weight excluding hydrogens is 737 g/mol. The van der Waals surface area contributed by atoms with Gasteiger partial charge in [0.2, 0.25) is 0 Å². The minimum atomic E-state index is -0.684. The van der Waals surface area contributed by atoms with Crippen molar-refractivity contribution in [1.29, 1.82) is 0 Å². The Bertz CT molecular complexity index is 1720. The first-order chi connectivity index (χ1) is 26.7. The van der Waals surface area contributed by atoms with Crippen molar-refractivity contribution >= 4 is 40.6 Å². The van der Waals surface area contributed by atoms with Gasteiger partial charge in [-0.15, -0.1) is 22.7 Å². The summed E-state index contributed by atoms with van der Waals surface area (Å²) in [6, 6.07) is 18.9. The maximum absolute atomic E-state index is 14.4. The third kappa shape index (κ3) is 14.4. The second kappa shape index (κ2) is 22.4. The quantitative estimate of drug-likeness (QED) is 0.0917. The van der Waals surface area contributed by atoms with Gasteiger partial charge in [-0.2, -0.15) is 0 Å². The summed E-state index contributed by atoms with van der Waals surface area (Å²) in [4.78, 5) is 54.3. The maximum Gasteiger partial charge on any atom is 0.407 e. The van der Waals surface area contributed by atoms with Gasteiger partial charge in [0, 0.05) is 56.6 Å². The van der Waals surface area contributed by atoms with Crippen LogP contribution in [0.1, 0.15) is 65.2 Å². The molecule has 0 bridgehead atoms. The maximum atomic E-state index is 14.4. The minimum absolute atomic E-state index is 0.00624. The molecule has 12 nitrogen and oxygen atoms in total. The van der Waals surface area contributed by atoms with Gasteiger partial charge in [0.25, 0.3) is 0 Å². The number of carbonyl (C=O) groups is 3. The number of morpholine rings is 1. The summed E-state index contributed by atoms with van der Waals surface area (Å²) in [6.45, 7) is 5.88. The van der Waals surface area contributed by atoms with Crippen molar-refractivity contribution in [1.82, 2.24) is 30.4 Å². The number of benzene rings is 2. The molecular formula is C41H54N6O6S2. The van der Waals surface area contributed by atoms with E-state index < -0.39 is 12.1 Å². The summed E-state index contributed by atoms with van der Waals surface area (Å²) in [5.74, 6) is -0.123. The summed E-state index contributed by atoms with van der Waals surface area (Å²) in [5, 5.41) is 18.4. The van der Waals surface area contributed by atoms with Crippen molar-refractivity contribution in [2.24, 2.45) is 5.92 Å². The van der Waals surface area contributed by atoms with Crippen LogP contribution >= 0.6 is 22.7 Å². The van der Waals surface area contributed by atoms with Crippen LogP contribution in [0.15, 0.2) is 77.8 Å². The predicted molar refractivity (Wildman–Crippen MR) is 215 cm³/mol. The number of nitrogens with one attached hydrogen (secondary N) is 2. The molecule has 0 aliphatic carbocycles. The Morgan fingerprint density at radius 1 is 0.964 bits per heavy atom. The molecule has 0 radical (unpaired) electrons. The molecule has 296 valence electrons. The summed E-state index contributed by atoms with van der Waals surface area (Å²) in [5.41, 5.74) is 4.67. The number of aliphatic hydroxyl groups is 1. The zero-order valence-electron chi connectivity index (χ0n) is 31.8. The van der Waals surface area contributed by atoms with Crippen molar-refractivity contribution in [3.8, 4) is 0 Å². The summed E-state index contributed by atoms with van der Waals surface area (Å²) in [6.07, 6.45) is 4.57. The highest BCUT2D eigenvalue weighted by Crippen LogP contribution is 2.23. The van der Waals surface area contributed by atoms with Crippen LogP contribution in [-0.4, -0.2) is 101 Å². The highest BCUT2D eigenvalue weighted by atomic mass is 32.1. The van der Waals surface area contributed by atoms with Crippen molar-refractivity contribution < 1.29 is 29.0 Å². The largest absolute Gasteiger partial charge is 0.444 e. The van der Waals surface area contributed by atoms with Crippen molar-refractivity contribution in [3.05, 3.63) is 104 Å². The van der Waals surface area contributed by atoms with E-state index >= 15 is 0 Å². The molecule has 2 aromatic heterocycles. The fourth-order valence-electron chi connectivity index (χ4n) is 6.59. The van der Waals surface area contributed by atoms with E-state index in [1.807, 2.05) is 60.8 Å². The zero-order chi connectivity index (χ0) is 38.8. The number of nitrogens with zero attached hydrogens (tertiary/aromatic N) is 4. The Morgan fingerprint density at radius 3 is 2.35 bits per heavy atom. The fourth-order valence-corrected chi connectivity index (χ4v) is 7.96. The summed E-state index contributed by atoms with van der Waals surface area (Å²) < 4.78 is 11.1. The molecule has 2 aromatic carbocycles. The first kappa shape index (κ1) is 41.9. The Hall–Kier alpha value is -4.21. The van der Waals surface area contributed by atoms with Gasteiger partial charge in [-0.3, -0.25) is 14.7 Å². The SMILES string of the molecule is C[C@@H](CO)c1nc(CN(C)C(=O)N[C@@H](CCN2CCOCC2)C(=O)C[C@H](CC[C@H](Cc2ccccc2)NC(=O)OCc2cncs2)Cc2ccccc2)cs1. The lowest BCUT2D eigenvalue weighted by atomic mass is 9.86. The van der Waals surface area contributed by atoms with Crippen LogP contribution in [0.2, 0.25) is 0 Å². The van der Waals surface area contributed by atoms with Gasteiger partial charge in [-0.25, -0.2) is 14.6 Å². The van der Waals surface area contributed by atoms with Crippen LogP contribution in [0, 0.1) is 5.92 Å². The number of hydrogen-bond acceptors (Lipinski definition) is 11. The normalized spacial score (nSPS) is 15.4. The zero-order valence-corrected chi connectivity index (χ0v) is 33.4. The summed E-state index contributed by atoms with van der Waals surface area (Å²) in [7, 11) is 1.70.